The van der Waals surface area contributed by atoms with Crippen molar-refractivity contribution in [2.24, 2.45) is 5.41 Å². The van der Waals surface area contributed by atoms with E-state index < -0.39 is 18.1 Å². The van der Waals surface area contributed by atoms with Gasteiger partial charge >= 0.3 is 12.1 Å². The van der Waals surface area contributed by atoms with Crippen molar-refractivity contribution in [3.63, 3.8) is 0 Å². The molecule has 0 heterocycles. The number of nitrogens with one attached hydrogen (secondary N) is 1. The molecule has 0 radical (unpaired) electrons. The third kappa shape index (κ3) is 6.86. The molecule has 92 valence electrons. The molecule has 0 saturated heterocycles. The molecule has 0 aliphatic rings. The summed E-state index contributed by atoms with van der Waals surface area (Å²) in [6, 6.07) is -0.933. The van der Waals surface area contributed by atoms with Gasteiger partial charge in [0.05, 0.1) is 0 Å². The zero-order valence-electron chi connectivity index (χ0n) is 9.95. The van der Waals surface area contributed by atoms with Gasteiger partial charge in [0.15, 0.2) is 0 Å². The first-order valence-corrected chi connectivity index (χ1v) is 5.03. The normalized spacial score (nSPS) is 12.7. The molecule has 0 saturated carbocycles. The Morgan fingerprint density at radius 1 is 1.50 bits per heavy atom. The van der Waals surface area contributed by atoms with E-state index in [1.807, 2.05) is 20.8 Å². The minimum atomic E-state index is -1.06. The molecule has 0 aliphatic carbocycles. The number of amides is 1. The van der Waals surface area contributed by atoms with E-state index in [1.54, 1.807) is 0 Å². The molecule has 0 fully saturated rings. The summed E-state index contributed by atoms with van der Waals surface area (Å²) >= 11 is 0. The fourth-order valence-corrected chi connectivity index (χ4v) is 1.13. The average molecular weight is 229 g/mol. The van der Waals surface area contributed by atoms with Crippen LogP contribution in [0.15, 0.2) is 12.7 Å². The van der Waals surface area contributed by atoms with Gasteiger partial charge in [0.1, 0.15) is 12.6 Å². The SMILES string of the molecule is C=CCOC(=O)N[C@@H](CC(C)(C)C)C(=O)O. The van der Waals surface area contributed by atoms with Crippen molar-refractivity contribution in [3.8, 4) is 0 Å². The van der Waals surface area contributed by atoms with Crippen molar-refractivity contribution in [3.05, 3.63) is 12.7 Å². The highest BCUT2D eigenvalue weighted by molar-refractivity contribution is 5.79. The van der Waals surface area contributed by atoms with Gasteiger partial charge in [-0.2, -0.15) is 0 Å². The lowest BCUT2D eigenvalue weighted by molar-refractivity contribution is -0.140. The molecule has 0 spiro atoms. The second-order valence-corrected chi connectivity index (χ2v) is 4.69. The van der Waals surface area contributed by atoms with Crippen LogP contribution in [0.5, 0.6) is 0 Å². The van der Waals surface area contributed by atoms with Crippen LogP contribution >= 0.6 is 0 Å². The predicted molar refractivity (Wildman–Crippen MR) is 60.2 cm³/mol. The minimum Gasteiger partial charge on any atom is -0.480 e. The Kier molecular flexibility index (Phi) is 5.56. The van der Waals surface area contributed by atoms with Crippen LogP contribution in [-0.2, 0) is 9.53 Å². The molecule has 1 amide bonds. The summed E-state index contributed by atoms with van der Waals surface area (Å²) in [5.74, 6) is -1.06. The highest BCUT2D eigenvalue weighted by Crippen LogP contribution is 2.20. The van der Waals surface area contributed by atoms with Gasteiger partial charge < -0.3 is 15.2 Å². The van der Waals surface area contributed by atoms with Crippen LogP contribution in [0.3, 0.4) is 0 Å². The van der Waals surface area contributed by atoms with Crippen molar-refractivity contribution in [1.82, 2.24) is 5.32 Å². The van der Waals surface area contributed by atoms with Crippen LogP contribution < -0.4 is 5.32 Å². The Hall–Kier alpha value is -1.52. The summed E-state index contributed by atoms with van der Waals surface area (Å²) in [6.07, 6.45) is 1.02. The van der Waals surface area contributed by atoms with E-state index in [0.29, 0.717) is 6.42 Å². The quantitative estimate of drug-likeness (QED) is 0.705. The van der Waals surface area contributed by atoms with Gasteiger partial charge in [-0.15, -0.1) is 0 Å². The maximum absolute atomic E-state index is 11.2. The first-order chi connectivity index (χ1) is 7.26. The summed E-state index contributed by atoms with van der Waals surface area (Å²) in [7, 11) is 0. The highest BCUT2D eigenvalue weighted by Gasteiger charge is 2.26. The number of alkyl carbamates (subject to hydrolysis) is 1. The lowest BCUT2D eigenvalue weighted by Crippen LogP contribution is -2.43. The molecule has 1 atom stereocenters. The first kappa shape index (κ1) is 14.5. The maximum atomic E-state index is 11.2. The molecular formula is C11H19NO4. The van der Waals surface area contributed by atoms with Crippen LogP contribution in [0.2, 0.25) is 0 Å². The number of carboxylic acids is 1. The highest BCUT2D eigenvalue weighted by atomic mass is 16.5. The van der Waals surface area contributed by atoms with Crippen molar-refractivity contribution < 1.29 is 19.4 Å². The van der Waals surface area contributed by atoms with Crippen molar-refractivity contribution in [2.45, 2.75) is 33.2 Å². The molecule has 5 nitrogen and oxygen atoms in total. The standard InChI is InChI=1S/C11H19NO4/c1-5-6-16-10(15)12-8(9(13)14)7-11(2,3)4/h5,8H,1,6-7H2,2-4H3,(H,12,15)(H,13,14)/t8-/m0/s1. The first-order valence-electron chi connectivity index (χ1n) is 5.03. The molecule has 0 unspecified atom stereocenters. The Balaban J connectivity index is 4.29. The lowest BCUT2D eigenvalue weighted by Gasteiger charge is -2.23. The van der Waals surface area contributed by atoms with E-state index in [1.165, 1.54) is 6.08 Å². The van der Waals surface area contributed by atoms with Gasteiger partial charge in [0, 0.05) is 0 Å². The Bertz CT molecular complexity index is 268. The van der Waals surface area contributed by atoms with Crippen LogP contribution in [0, 0.1) is 5.41 Å². The molecule has 0 aliphatic heterocycles. The number of carbonyl (C=O) groups excluding carboxylic acids is 1. The van der Waals surface area contributed by atoms with E-state index in [0.717, 1.165) is 0 Å². The molecule has 0 rings (SSSR count). The van der Waals surface area contributed by atoms with E-state index in [-0.39, 0.29) is 12.0 Å². The molecule has 0 aromatic heterocycles. The number of hydrogen-bond acceptors (Lipinski definition) is 3. The number of rotatable bonds is 5. The average Bonchev–Trinajstić information content (AvgIpc) is 2.11. The van der Waals surface area contributed by atoms with Crippen LogP contribution in [0.1, 0.15) is 27.2 Å². The van der Waals surface area contributed by atoms with Gasteiger partial charge in [0.2, 0.25) is 0 Å². The van der Waals surface area contributed by atoms with Crippen LogP contribution in [0.25, 0.3) is 0 Å². The van der Waals surface area contributed by atoms with Gasteiger partial charge in [-0.3, -0.25) is 0 Å². The van der Waals surface area contributed by atoms with E-state index in [9.17, 15) is 9.59 Å². The minimum absolute atomic E-state index is 0.0632. The van der Waals surface area contributed by atoms with Gasteiger partial charge in [-0.05, 0) is 11.8 Å². The fourth-order valence-electron chi connectivity index (χ4n) is 1.13. The van der Waals surface area contributed by atoms with Crippen molar-refractivity contribution in [2.75, 3.05) is 6.61 Å². The molecule has 5 heteroatoms. The number of hydrogen-bond donors (Lipinski definition) is 2. The molecule has 0 aromatic carbocycles. The maximum Gasteiger partial charge on any atom is 0.408 e. The summed E-state index contributed by atoms with van der Waals surface area (Å²) in [5.41, 5.74) is -0.186. The predicted octanol–water partition coefficient (Wildman–Crippen LogP) is 1.79. The summed E-state index contributed by atoms with van der Waals surface area (Å²) in [5, 5.41) is 11.2. The largest absolute Gasteiger partial charge is 0.480 e. The Labute approximate surface area is 95.5 Å². The smallest absolute Gasteiger partial charge is 0.408 e. The Morgan fingerprint density at radius 2 is 2.06 bits per heavy atom. The van der Waals surface area contributed by atoms with E-state index in [4.69, 9.17) is 5.11 Å². The second kappa shape index (κ2) is 6.15. The fraction of sp³-hybridized carbons (Fsp3) is 0.636. The molecule has 0 bridgehead atoms. The van der Waals surface area contributed by atoms with E-state index >= 15 is 0 Å². The third-order valence-electron chi connectivity index (χ3n) is 1.74. The van der Waals surface area contributed by atoms with Gasteiger partial charge in [0.25, 0.3) is 0 Å². The second-order valence-electron chi connectivity index (χ2n) is 4.69. The zero-order chi connectivity index (χ0) is 12.8. The summed E-state index contributed by atoms with van der Waals surface area (Å²) in [6.45, 7) is 9.16. The lowest BCUT2D eigenvalue weighted by atomic mass is 9.88. The number of carboxylic acid groups (broad SMARTS) is 1. The molecule has 0 aromatic rings. The van der Waals surface area contributed by atoms with Crippen molar-refractivity contribution in [1.29, 1.82) is 0 Å². The zero-order valence-corrected chi connectivity index (χ0v) is 9.95. The molecule has 16 heavy (non-hydrogen) atoms. The third-order valence-corrected chi connectivity index (χ3v) is 1.74. The summed E-state index contributed by atoms with van der Waals surface area (Å²) in [4.78, 5) is 22.1. The molecular weight excluding hydrogens is 210 g/mol. The number of carbonyl (C=O) groups is 2. The topological polar surface area (TPSA) is 75.6 Å². The Morgan fingerprint density at radius 3 is 2.44 bits per heavy atom. The summed E-state index contributed by atoms with van der Waals surface area (Å²) < 4.78 is 4.65. The molecule has 2 N–H and O–H groups in total. The van der Waals surface area contributed by atoms with Gasteiger partial charge in [-0.25, -0.2) is 9.59 Å². The van der Waals surface area contributed by atoms with E-state index in [2.05, 4.69) is 16.6 Å². The van der Waals surface area contributed by atoms with Crippen molar-refractivity contribution >= 4 is 12.1 Å². The van der Waals surface area contributed by atoms with Crippen LogP contribution in [-0.4, -0.2) is 29.8 Å². The van der Waals surface area contributed by atoms with Crippen LogP contribution in [0.4, 0.5) is 4.79 Å². The van der Waals surface area contributed by atoms with Gasteiger partial charge in [-0.1, -0.05) is 33.4 Å². The number of aliphatic carboxylic acids is 1. The monoisotopic (exact) mass is 229 g/mol. The number of ether oxygens (including phenoxy) is 1.